The first kappa shape index (κ1) is 17.4. The minimum atomic E-state index is -3.84. The smallest absolute Gasteiger partial charge is 0.294 e. The zero-order valence-corrected chi connectivity index (χ0v) is 14.2. The summed E-state index contributed by atoms with van der Waals surface area (Å²) in [6.07, 6.45) is 2.84. The van der Waals surface area contributed by atoms with Gasteiger partial charge in [0.25, 0.3) is 21.8 Å². The van der Waals surface area contributed by atoms with Gasteiger partial charge in [-0.3, -0.25) is 4.79 Å². The first-order chi connectivity index (χ1) is 12.5. The fourth-order valence-electron chi connectivity index (χ4n) is 1.90. The zero-order valence-electron chi connectivity index (χ0n) is 13.4. The van der Waals surface area contributed by atoms with Gasteiger partial charge in [0.2, 0.25) is 11.7 Å². The molecule has 2 heterocycles. The zero-order chi connectivity index (χ0) is 18.6. The van der Waals surface area contributed by atoms with Crippen LogP contribution in [0, 0.1) is 0 Å². The average Bonchev–Trinajstić information content (AvgIpc) is 3.12. The summed E-state index contributed by atoms with van der Waals surface area (Å²) in [7, 11) is -2.45. The van der Waals surface area contributed by atoms with E-state index in [0.717, 1.165) is 0 Å². The van der Waals surface area contributed by atoms with Crippen LogP contribution in [0.3, 0.4) is 0 Å². The number of nitrogens with zero attached hydrogens (tertiary/aromatic N) is 3. The predicted molar refractivity (Wildman–Crippen MR) is 90.3 cm³/mol. The van der Waals surface area contributed by atoms with Crippen LogP contribution in [-0.4, -0.2) is 36.6 Å². The Hall–Kier alpha value is -3.47. The Balaban J connectivity index is 1.70. The fourth-order valence-corrected chi connectivity index (χ4v) is 2.86. The number of anilines is 2. The van der Waals surface area contributed by atoms with Gasteiger partial charge in [0, 0.05) is 18.1 Å². The number of carbonyl (C=O) groups is 1. The molecule has 0 aliphatic carbocycles. The number of carbonyl (C=O) groups excluding carboxylic acids is 1. The van der Waals surface area contributed by atoms with Crippen molar-refractivity contribution >= 4 is 27.6 Å². The molecule has 3 rings (SSSR count). The Labute approximate surface area is 148 Å². The molecule has 0 aliphatic rings. The van der Waals surface area contributed by atoms with E-state index in [4.69, 9.17) is 9.26 Å². The number of nitrogens with one attached hydrogen (secondary N) is 2. The molecule has 134 valence electrons. The molecule has 0 saturated heterocycles. The molecule has 0 fully saturated rings. The summed E-state index contributed by atoms with van der Waals surface area (Å²) in [6.45, 7) is 0. The van der Waals surface area contributed by atoms with Crippen LogP contribution >= 0.6 is 0 Å². The van der Waals surface area contributed by atoms with E-state index in [1.807, 2.05) is 0 Å². The highest BCUT2D eigenvalue weighted by molar-refractivity contribution is 7.92. The molecule has 0 saturated carbocycles. The molecule has 1 amide bonds. The van der Waals surface area contributed by atoms with Crippen molar-refractivity contribution in [3.05, 3.63) is 54.6 Å². The van der Waals surface area contributed by atoms with E-state index in [1.165, 1.54) is 49.8 Å². The number of aromatic nitrogens is 3. The monoisotopic (exact) mass is 375 g/mol. The maximum absolute atomic E-state index is 12.3. The van der Waals surface area contributed by atoms with E-state index in [-0.39, 0.29) is 22.5 Å². The highest BCUT2D eigenvalue weighted by Gasteiger charge is 2.17. The second-order valence-corrected chi connectivity index (χ2v) is 6.57. The van der Waals surface area contributed by atoms with Crippen molar-refractivity contribution in [1.29, 1.82) is 0 Å². The molecule has 2 aromatic heterocycles. The van der Waals surface area contributed by atoms with Gasteiger partial charge in [-0.05, 0) is 35.5 Å². The number of hydrogen-bond acceptors (Lipinski definition) is 8. The maximum atomic E-state index is 12.3. The van der Waals surface area contributed by atoms with Gasteiger partial charge in [0.15, 0.2) is 0 Å². The van der Waals surface area contributed by atoms with E-state index in [9.17, 15) is 13.2 Å². The molecule has 0 spiro atoms. The number of methoxy groups -OCH3 is 1. The van der Waals surface area contributed by atoms with Gasteiger partial charge < -0.3 is 14.6 Å². The standard InChI is InChI=1S/C15H13N5O5S/c1-24-13-9-12(25-19-13)14(21)18-10-3-5-11(6-4-10)26(22,23)20-15-16-7-2-8-17-15/h2-9H,1H3,(H,18,21)(H,16,17,20). The topological polar surface area (TPSA) is 136 Å². The van der Waals surface area contributed by atoms with Gasteiger partial charge in [0.1, 0.15) is 0 Å². The summed E-state index contributed by atoms with van der Waals surface area (Å²) in [5.41, 5.74) is 0.375. The minimum Gasteiger partial charge on any atom is -0.479 e. The lowest BCUT2D eigenvalue weighted by Gasteiger charge is -2.07. The highest BCUT2D eigenvalue weighted by Crippen LogP contribution is 2.18. The summed E-state index contributed by atoms with van der Waals surface area (Å²) >= 11 is 0. The van der Waals surface area contributed by atoms with Crippen LogP contribution in [0.5, 0.6) is 5.88 Å². The van der Waals surface area contributed by atoms with Crippen LogP contribution in [0.2, 0.25) is 0 Å². The second-order valence-electron chi connectivity index (χ2n) is 4.89. The number of rotatable bonds is 6. The molecular formula is C15H13N5O5S. The van der Waals surface area contributed by atoms with Crippen LogP contribution < -0.4 is 14.8 Å². The van der Waals surface area contributed by atoms with Crippen molar-refractivity contribution in [3.63, 3.8) is 0 Å². The van der Waals surface area contributed by atoms with Crippen molar-refractivity contribution in [3.8, 4) is 5.88 Å². The lowest BCUT2D eigenvalue weighted by Crippen LogP contribution is -2.15. The van der Waals surface area contributed by atoms with Crippen molar-refractivity contribution in [2.24, 2.45) is 0 Å². The van der Waals surface area contributed by atoms with Crippen molar-refractivity contribution in [2.75, 3.05) is 17.1 Å². The van der Waals surface area contributed by atoms with Crippen LogP contribution in [0.25, 0.3) is 0 Å². The highest BCUT2D eigenvalue weighted by atomic mass is 32.2. The first-order valence-corrected chi connectivity index (χ1v) is 8.68. The third kappa shape index (κ3) is 3.95. The molecule has 1 aromatic carbocycles. The molecule has 0 atom stereocenters. The van der Waals surface area contributed by atoms with Gasteiger partial charge in [-0.15, -0.1) is 0 Å². The van der Waals surface area contributed by atoms with Crippen LogP contribution in [-0.2, 0) is 10.0 Å². The molecule has 0 aliphatic heterocycles. The Kier molecular flexibility index (Phi) is 4.80. The number of sulfonamides is 1. The summed E-state index contributed by atoms with van der Waals surface area (Å²) in [5.74, 6) is -0.455. The van der Waals surface area contributed by atoms with E-state index in [2.05, 4.69) is 25.2 Å². The lowest BCUT2D eigenvalue weighted by atomic mass is 10.3. The van der Waals surface area contributed by atoms with Gasteiger partial charge in [-0.25, -0.2) is 23.1 Å². The van der Waals surface area contributed by atoms with Crippen molar-refractivity contribution < 1.29 is 22.5 Å². The summed E-state index contributed by atoms with van der Waals surface area (Å²) in [6, 6.07) is 8.44. The predicted octanol–water partition coefficient (Wildman–Crippen LogP) is 1.53. The summed E-state index contributed by atoms with van der Waals surface area (Å²) < 4.78 is 36.5. The van der Waals surface area contributed by atoms with Crippen molar-refractivity contribution in [1.82, 2.24) is 15.1 Å². The summed E-state index contributed by atoms with van der Waals surface area (Å²) in [4.78, 5) is 19.6. The number of hydrogen-bond donors (Lipinski definition) is 2. The number of ether oxygens (including phenoxy) is 1. The van der Waals surface area contributed by atoms with E-state index < -0.39 is 15.9 Å². The Bertz CT molecular complexity index is 1000. The maximum Gasteiger partial charge on any atom is 0.294 e. The summed E-state index contributed by atoms with van der Waals surface area (Å²) in [5, 5.41) is 6.08. The van der Waals surface area contributed by atoms with Gasteiger partial charge in [-0.1, -0.05) is 0 Å². The van der Waals surface area contributed by atoms with Gasteiger partial charge >= 0.3 is 0 Å². The Morgan fingerprint density at radius 3 is 2.46 bits per heavy atom. The average molecular weight is 375 g/mol. The van der Waals surface area contributed by atoms with Crippen molar-refractivity contribution in [2.45, 2.75) is 4.90 Å². The largest absolute Gasteiger partial charge is 0.479 e. The number of amides is 1. The molecule has 3 aromatic rings. The molecule has 2 N–H and O–H groups in total. The van der Waals surface area contributed by atoms with E-state index in [1.54, 1.807) is 6.07 Å². The minimum absolute atomic E-state index is 0.00992. The molecule has 11 heteroatoms. The lowest BCUT2D eigenvalue weighted by molar-refractivity contribution is 0.0987. The van der Waals surface area contributed by atoms with Gasteiger partial charge in [0.05, 0.1) is 18.1 Å². The van der Waals surface area contributed by atoms with Crippen LogP contribution in [0.15, 0.2) is 58.2 Å². The number of benzene rings is 1. The van der Waals surface area contributed by atoms with E-state index >= 15 is 0 Å². The second kappa shape index (κ2) is 7.19. The third-order valence-corrected chi connectivity index (χ3v) is 4.48. The van der Waals surface area contributed by atoms with Crippen LogP contribution in [0.1, 0.15) is 10.6 Å². The fraction of sp³-hybridized carbons (Fsp3) is 0.0667. The van der Waals surface area contributed by atoms with Crippen LogP contribution in [0.4, 0.5) is 11.6 Å². The molecule has 10 nitrogen and oxygen atoms in total. The molecule has 26 heavy (non-hydrogen) atoms. The first-order valence-electron chi connectivity index (χ1n) is 7.20. The molecule has 0 unspecified atom stereocenters. The van der Waals surface area contributed by atoms with Gasteiger partial charge in [-0.2, -0.15) is 0 Å². The Morgan fingerprint density at radius 2 is 1.85 bits per heavy atom. The SMILES string of the molecule is COc1cc(C(=O)Nc2ccc(S(=O)(=O)Nc3ncccn3)cc2)on1. The molecule has 0 bridgehead atoms. The Morgan fingerprint density at radius 1 is 1.15 bits per heavy atom. The third-order valence-electron chi connectivity index (χ3n) is 3.14. The van der Waals surface area contributed by atoms with E-state index in [0.29, 0.717) is 5.69 Å². The molecular weight excluding hydrogens is 362 g/mol. The quantitative estimate of drug-likeness (QED) is 0.662. The molecule has 0 radical (unpaired) electrons. The normalized spacial score (nSPS) is 11.0.